The van der Waals surface area contributed by atoms with Crippen molar-refractivity contribution in [1.29, 1.82) is 0 Å². The van der Waals surface area contributed by atoms with Crippen LogP contribution >= 0.6 is 0 Å². The number of hydrogen-bond donors (Lipinski definition) is 2. The lowest BCUT2D eigenvalue weighted by Crippen LogP contribution is -2.12. The standard InChI is InChI=1S/C16H19N3O3/c1-21-14-5-3-4-12(10-14)8-9-17-13-6-7-15(18-11-13)19-16(20)22-2/h3-7,10-11,17H,8-9H2,1-2H3,(H,18,19,20). The van der Waals surface area contributed by atoms with E-state index in [1.54, 1.807) is 19.4 Å². The summed E-state index contributed by atoms with van der Waals surface area (Å²) in [7, 11) is 2.97. The second-order valence-electron chi connectivity index (χ2n) is 4.58. The van der Waals surface area contributed by atoms with Crippen molar-refractivity contribution in [3.63, 3.8) is 0 Å². The van der Waals surface area contributed by atoms with Gasteiger partial charge in [0.05, 0.1) is 26.1 Å². The smallest absolute Gasteiger partial charge is 0.412 e. The number of hydrogen-bond acceptors (Lipinski definition) is 5. The Bertz CT molecular complexity index is 614. The zero-order valence-electron chi connectivity index (χ0n) is 12.6. The number of anilines is 2. The molecular formula is C16H19N3O3. The number of ether oxygens (including phenoxy) is 2. The van der Waals surface area contributed by atoms with Crippen LogP contribution in [-0.2, 0) is 11.2 Å². The minimum Gasteiger partial charge on any atom is -0.497 e. The van der Waals surface area contributed by atoms with Gasteiger partial charge in [-0.2, -0.15) is 0 Å². The highest BCUT2D eigenvalue weighted by molar-refractivity contribution is 5.83. The Morgan fingerprint density at radius 1 is 1.23 bits per heavy atom. The Morgan fingerprint density at radius 2 is 2.09 bits per heavy atom. The molecule has 1 heterocycles. The van der Waals surface area contributed by atoms with Crippen LogP contribution in [0.15, 0.2) is 42.6 Å². The number of amides is 1. The maximum Gasteiger partial charge on any atom is 0.412 e. The molecule has 0 aliphatic heterocycles. The van der Waals surface area contributed by atoms with E-state index in [9.17, 15) is 4.79 Å². The Kier molecular flexibility index (Phi) is 5.59. The monoisotopic (exact) mass is 301 g/mol. The molecule has 0 spiro atoms. The van der Waals surface area contributed by atoms with Gasteiger partial charge in [0.25, 0.3) is 0 Å². The maximum absolute atomic E-state index is 11.0. The highest BCUT2D eigenvalue weighted by atomic mass is 16.5. The second kappa shape index (κ2) is 7.87. The molecule has 0 bridgehead atoms. The van der Waals surface area contributed by atoms with Gasteiger partial charge in [0.2, 0.25) is 0 Å². The summed E-state index contributed by atoms with van der Waals surface area (Å²) >= 11 is 0. The lowest BCUT2D eigenvalue weighted by molar-refractivity contribution is 0.187. The number of aromatic nitrogens is 1. The number of rotatable bonds is 6. The largest absolute Gasteiger partial charge is 0.497 e. The van der Waals surface area contributed by atoms with Gasteiger partial charge in [-0.15, -0.1) is 0 Å². The molecule has 2 rings (SSSR count). The van der Waals surface area contributed by atoms with Gasteiger partial charge in [0.15, 0.2) is 0 Å². The summed E-state index contributed by atoms with van der Waals surface area (Å²) in [6, 6.07) is 11.5. The number of carbonyl (C=O) groups excluding carboxylic acids is 1. The number of nitrogens with zero attached hydrogens (tertiary/aromatic N) is 1. The summed E-state index contributed by atoms with van der Waals surface area (Å²) in [6.45, 7) is 0.776. The van der Waals surface area contributed by atoms with Gasteiger partial charge in [-0.05, 0) is 36.2 Å². The maximum atomic E-state index is 11.0. The fourth-order valence-corrected chi connectivity index (χ4v) is 1.91. The van der Waals surface area contributed by atoms with Gasteiger partial charge in [0, 0.05) is 6.54 Å². The van der Waals surface area contributed by atoms with Crippen LogP contribution in [-0.4, -0.2) is 31.8 Å². The number of carbonyl (C=O) groups is 1. The molecule has 116 valence electrons. The van der Waals surface area contributed by atoms with Crippen LogP contribution in [0.2, 0.25) is 0 Å². The molecule has 6 heteroatoms. The first kappa shape index (κ1) is 15.6. The highest BCUT2D eigenvalue weighted by Crippen LogP contribution is 2.14. The third kappa shape index (κ3) is 4.66. The van der Waals surface area contributed by atoms with Gasteiger partial charge < -0.3 is 14.8 Å². The zero-order valence-corrected chi connectivity index (χ0v) is 12.6. The van der Waals surface area contributed by atoms with E-state index < -0.39 is 6.09 Å². The molecule has 0 aliphatic carbocycles. The molecule has 1 aromatic heterocycles. The predicted molar refractivity (Wildman–Crippen MR) is 85.5 cm³/mol. The van der Waals surface area contributed by atoms with Crippen LogP contribution in [0.3, 0.4) is 0 Å². The number of methoxy groups -OCH3 is 2. The van der Waals surface area contributed by atoms with Crippen LogP contribution in [0.25, 0.3) is 0 Å². The summed E-state index contributed by atoms with van der Waals surface area (Å²) in [4.78, 5) is 15.2. The Labute approximate surface area is 129 Å². The number of pyridine rings is 1. The van der Waals surface area contributed by atoms with E-state index in [0.29, 0.717) is 5.82 Å². The van der Waals surface area contributed by atoms with Crippen molar-refractivity contribution in [2.24, 2.45) is 0 Å². The zero-order chi connectivity index (χ0) is 15.8. The normalized spacial score (nSPS) is 9.91. The van der Waals surface area contributed by atoms with E-state index >= 15 is 0 Å². The first-order valence-corrected chi connectivity index (χ1v) is 6.89. The fourth-order valence-electron chi connectivity index (χ4n) is 1.91. The van der Waals surface area contributed by atoms with E-state index in [2.05, 4.69) is 26.4 Å². The number of benzene rings is 1. The van der Waals surface area contributed by atoms with Crippen molar-refractivity contribution in [1.82, 2.24) is 4.98 Å². The van der Waals surface area contributed by atoms with Crippen LogP contribution in [0.1, 0.15) is 5.56 Å². The molecule has 0 aliphatic rings. The van der Waals surface area contributed by atoms with E-state index in [-0.39, 0.29) is 0 Å². The Hall–Kier alpha value is -2.76. The highest BCUT2D eigenvalue weighted by Gasteiger charge is 2.01. The molecule has 22 heavy (non-hydrogen) atoms. The summed E-state index contributed by atoms with van der Waals surface area (Å²) in [5.74, 6) is 1.31. The van der Waals surface area contributed by atoms with Gasteiger partial charge in [-0.3, -0.25) is 5.32 Å². The molecule has 0 saturated carbocycles. The Balaban J connectivity index is 1.82. The van der Waals surface area contributed by atoms with Gasteiger partial charge >= 0.3 is 6.09 Å². The molecule has 0 atom stereocenters. The van der Waals surface area contributed by atoms with Crippen LogP contribution in [0.4, 0.5) is 16.3 Å². The molecule has 0 saturated heterocycles. The van der Waals surface area contributed by atoms with Gasteiger partial charge in [-0.25, -0.2) is 9.78 Å². The van der Waals surface area contributed by atoms with Crippen LogP contribution in [0, 0.1) is 0 Å². The predicted octanol–water partition coefficient (Wildman–Crippen LogP) is 2.92. The summed E-state index contributed by atoms with van der Waals surface area (Å²) < 4.78 is 9.70. The van der Waals surface area contributed by atoms with Crippen LogP contribution in [0.5, 0.6) is 5.75 Å². The van der Waals surface area contributed by atoms with E-state index in [1.807, 2.05) is 24.3 Å². The topological polar surface area (TPSA) is 72.5 Å². The first-order chi connectivity index (χ1) is 10.7. The SMILES string of the molecule is COC(=O)Nc1ccc(NCCc2cccc(OC)c2)cn1. The minimum atomic E-state index is -0.536. The van der Waals surface area contributed by atoms with Crippen molar-refractivity contribution in [3.8, 4) is 5.75 Å². The fraction of sp³-hybridized carbons (Fsp3) is 0.250. The lowest BCUT2D eigenvalue weighted by atomic mass is 10.1. The van der Waals surface area contributed by atoms with Gasteiger partial charge in [0.1, 0.15) is 11.6 Å². The average molecular weight is 301 g/mol. The van der Waals surface area contributed by atoms with E-state index in [1.165, 1.54) is 12.7 Å². The molecule has 1 aromatic carbocycles. The molecule has 2 aromatic rings. The quantitative estimate of drug-likeness (QED) is 0.858. The second-order valence-corrected chi connectivity index (χ2v) is 4.58. The van der Waals surface area contributed by atoms with Gasteiger partial charge in [-0.1, -0.05) is 12.1 Å². The molecule has 1 amide bonds. The van der Waals surface area contributed by atoms with Crippen molar-refractivity contribution >= 4 is 17.6 Å². The molecular weight excluding hydrogens is 282 g/mol. The lowest BCUT2D eigenvalue weighted by Gasteiger charge is -2.08. The summed E-state index contributed by atoms with van der Waals surface area (Å²) in [5.41, 5.74) is 2.09. The molecule has 2 N–H and O–H groups in total. The molecule has 0 unspecified atom stereocenters. The Morgan fingerprint density at radius 3 is 2.77 bits per heavy atom. The van der Waals surface area contributed by atoms with Crippen molar-refractivity contribution < 1.29 is 14.3 Å². The van der Waals surface area contributed by atoms with Crippen LogP contribution < -0.4 is 15.4 Å². The third-order valence-electron chi connectivity index (χ3n) is 3.06. The van der Waals surface area contributed by atoms with Crippen molar-refractivity contribution in [3.05, 3.63) is 48.2 Å². The van der Waals surface area contributed by atoms with E-state index in [0.717, 1.165) is 24.4 Å². The first-order valence-electron chi connectivity index (χ1n) is 6.89. The molecule has 0 radical (unpaired) electrons. The molecule has 0 fully saturated rings. The number of nitrogens with one attached hydrogen (secondary N) is 2. The minimum absolute atomic E-state index is 0.449. The average Bonchev–Trinajstić information content (AvgIpc) is 2.56. The van der Waals surface area contributed by atoms with Crippen molar-refractivity contribution in [2.75, 3.05) is 31.4 Å². The van der Waals surface area contributed by atoms with Crippen molar-refractivity contribution in [2.45, 2.75) is 6.42 Å². The third-order valence-corrected chi connectivity index (χ3v) is 3.06. The van der Waals surface area contributed by atoms with E-state index in [4.69, 9.17) is 4.74 Å². The molecule has 6 nitrogen and oxygen atoms in total. The summed E-state index contributed by atoms with van der Waals surface area (Å²) in [5, 5.41) is 5.78. The summed E-state index contributed by atoms with van der Waals surface area (Å²) in [6.07, 6.45) is 2.00.